The SMILES string of the molecule is CC.CCCC.COc1ccc2c(c1)SCc1c-2n[nH]c1C(=O)N1CCOCC1. The molecule has 0 atom stereocenters. The molecule has 1 aromatic heterocycles. The van der Waals surface area contributed by atoms with Crippen molar-refractivity contribution in [2.24, 2.45) is 0 Å². The topological polar surface area (TPSA) is 67.5 Å². The number of fused-ring (bicyclic) bond motifs is 3. The van der Waals surface area contributed by atoms with Crippen LogP contribution in [0.3, 0.4) is 0 Å². The number of H-pyrrole nitrogens is 1. The fourth-order valence-electron chi connectivity index (χ4n) is 2.92. The van der Waals surface area contributed by atoms with Gasteiger partial charge in [-0.3, -0.25) is 9.89 Å². The van der Waals surface area contributed by atoms with Crippen LogP contribution in [0.1, 0.15) is 56.6 Å². The van der Waals surface area contributed by atoms with Crippen molar-refractivity contribution in [3.8, 4) is 17.0 Å². The first-order chi connectivity index (χ1) is 14.2. The normalized spacial score (nSPS) is 14.4. The molecular weight excluding hydrogens is 386 g/mol. The Bertz CT molecular complexity index is 784. The standard InChI is InChI=1S/C16H17N3O3S.C4H10.C2H6/c1-21-10-2-3-11-13(8-10)23-9-12-14(11)17-18-15(12)16(20)19-4-6-22-7-5-19;1-3-4-2;1-2/h2-3,8H,4-7,9H2,1H3,(H,17,18);3-4H2,1-2H3;1-2H3. The molecule has 0 unspecified atom stereocenters. The van der Waals surface area contributed by atoms with E-state index in [0.29, 0.717) is 32.0 Å². The van der Waals surface area contributed by atoms with Gasteiger partial charge >= 0.3 is 0 Å². The number of rotatable bonds is 3. The molecule has 1 amide bonds. The van der Waals surface area contributed by atoms with Gasteiger partial charge in [0.25, 0.3) is 5.91 Å². The molecule has 1 fully saturated rings. The molecule has 4 rings (SSSR count). The van der Waals surface area contributed by atoms with Gasteiger partial charge in [-0.25, -0.2) is 0 Å². The van der Waals surface area contributed by atoms with Crippen LogP contribution in [0.4, 0.5) is 0 Å². The molecule has 0 radical (unpaired) electrons. The van der Waals surface area contributed by atoms with Gasteiger partial charge in [-0.1, -0.05) is 40.5 Å². The Labute approximate surface area is 178 Å². The minimum absolute atomic E-state index is 0.0135. The van der Waals surface area contributed by atoms with Crippen LogP contribution in [0.2, 0.25) is 0 Å². The largest absolute Gasteiger partial charge is 0.497 e. The molecule has 1 aromatic carbocycles. The monoisotopic (exact) mass is 419 g/mol. The number of hydrogen-bond acceptors (Lipinski definition) is 5. The minimum Gasteiger partial charge on any atom is -0.497 e. The zero-order valence-corrected chi connectivity index (χ0v) is 19.0. The van der Waals surface area contributed by atoms with Gasteiger partial charge in [0.15, 0.2) is 0 Å². The lowest BCUT2D eigenvalue weighted by Gasteiger charge is -2.27. The van der Waals surface area contributed by atoms with Gasteiger partial charge in [-0.15, -0.1) is 11.8 Å². The quantitative estimate of drug-likeness (QED) is 0.759. The van der Waals surface area contributed by atoms with Gasteiger partial charge in [-0.05, 0) is 18.2 Å². The zero-order valence-electron chi connectivity index (χ0n) is 18.2. The Kier molecular flexibility index (Phi) is 9.54. The minimum atomic E-state index is 0.0135. The molecule has 2 aromatic rings. The van der Waals surface area contributed by atoms with E-state index >= 15 is 0 Å². The highest BCUT2D eigenvalue weighted by atomic mass is 32.2. The van der Waals surface area contributed by atoms with Crippen molar-refractivity contribution in [2.45, 2.75) is 51.2 Å². The number of amides is 1. The summed E-state index contributed by atoms with van der Waals surface area (Å²) in [6, 6.07) is 5.94. The van der Waals surface area contributed by atoms with Gasteiger partial charge in [0.05, 0.1) is 26.0 Å². The van der Waals surface area contributed by atoms with Crippen molar-refractivity contribution in [1.29, 1.82) is 0 Å². The van der Waals surface area contributed by atoms with E-state index in [-0.39, 0.29) is 5.91 Å². The number of hydrogen-bond donors (Lipinski definition) is 1. The summed E-state index contributed by atoms with van der Waals surface area (Å²) in [6.07, 6.45) is 2.64. The van der Waals surface area contributed by atoms with Crippen molar-refractivity contribution in [2.75, 3.05) is 33.4 Å². The highest BCUT2D eigenvalue weighted by molar-refractivity contribution is 7.98. The van der Waals surface area contributed by atoms with Crippen LogP contribution in [-0.2, 0) is 10.5 Å². The Hall–Kier alpha value is -1.99. The first-order valence-corrected chi connectivity index (χ1v) is 11.4. The van der Waals surface area contributed by atoms with Crippen molar-refractivity contribution in [3.63, 3.8) is 0 Å². The van der Waals surface area contributed by atoms with E-state index in [0.717, 1.165) is 33.2 Å². The third-order valence-corrected chi connectivity index (χ3v) is 5.78. The molecule has 6 nitrogen and oxygen atoms in total. The number of nitrogens with one attached hydrogen (secondary N) is 1. The van der Waals surface area contributed by atoms with E-state index in [1.165, 1.54) is 12.8 Å². The third kappa shape index (κ3) is 5.54. The molecule has 1 saturated heterocycles. The van der Waals surface area contributed by atoms with Gasteiger partial charge in [0.1, 0.15) is 11.4 Å². The van der Waals surface area contributed by atoms with Crippen molar-refractivity contribution >= 4 is 17.7 Å². The summed E-state index contributed by atoms with van der Waals surface area (Å²) in [5.74, 6) is 1.58. The second-order valence-corrected chi connectivity index (χ2v) is 7.50. The van der Waals surface area contributed by atoms with Gasteiger partial charge in [0, 0.05) is 34.9 Å². The number of benzene rings is 1. The van der Waals surface area contributed by atoms with Crippen LogP contribution >= 0.6 is 11.8 Å². The van der Waals surface area contributed by atoms with E-state index in [2.05, 4.69) is 24.0 Å². The number of thioether (sulfide) groups is 1. The third-order valence-electron chi connectivity index (χ3n) is 4.70. The van der Waals surface area contributed by atoms with Crippen LogP contribution in [0, 0.1) is 0 Å². The molecule has 0 spiro atoms. The maximum absolute atomic E-state index is 12.7. The number of unbranched alkanes of at least 4 members (excludes halogenated alkanes) is 1. The predicted octanol–water partition coefficient (Wildman–Crippen LogP) is 5.00. The maximum Gasteiger partial charge on any atom is 0.272 e. The summed E-state index contributed by atoms with van der Waals surface area (Å²) >= 11 is 1.71. The molecule has 7 heteroatoms. The molecule has 2 aliphatic heterocycles. The molecule has 2 aliphatic rings. The summed E-state index contributed by atoms with van der Waals surface area (Å²) in [5, 5.41) is 7.37. The van der Waals surface area contributed by atoms with E-state index in [1.54, 1.807) is 18.9 Å². The second kappa shape index (κ2) is 11.9. The summed E-state index contributed by atoms with van der Waals surface area (Å²) in [6.45, 7) is 10.8. The van der Waals surface area contributed by atoms with Crippen LogP contribution in [0.15, 0.2) is 23.1 Å². The molecule has 160 valence electrons. The smallest absolute Gasteiger partial charge is 0.272 e. The molecule has 29 heavy (non-hydrogen) atoms. The Morgan fingerprint density at radius 3 is 2.55 bits per heavy atom. The molecule has 0 aliphatic carbocycles. The summed E-state index contributed by atoms with van der Waals surface area (Å²) in [7, 11) is 1.66. The Morgan fingerprint density at radius 2 is 1.93 bits per heavy atom. The van der Waals surface area contributed by atoms with Crippen LogP contribution < -0.4 is 4.74 Å². The van der Waals surface area contributed by atoms with Crippen molar-refractivity contribution < 1.29 is 14.3 Å². The lowest BCUT2D eigenvalue weighted by Crippen LogP contribution is -2.41. The Morgan fingerprint density at radius 1 is 1.24 bits per heavy atom. The summed E-state index contributed by atoms with van der Waals surface area (Å²) < 4.78 is 10.6. The number of aromatic amines is 1. The van der Waals surface area contributed by atoms with E-state index in [9.17, 15) is 4.79 Å². The average molecular weight is 420 g/mol. The lowest BCUT2D eigenvalue weighted by atomic mass is 10.1. The highest BCUT2D eigenvalue weighted by Crippen LogP contribution is 2.43. The summed E-state index contributed by atoms with van der Waals surface area (Å²) in [4.78, 5) is 15.7. The van der Waals surface area contributed by atoms with Crippen molar-refractivity contribution in [3.05, 3.63) is 29.5 Å². The van der Waals surface area contributed by atoms with Gasteiger partial charge < -0.3 is 14.4 Å². The first-order valence-electron chi connectivity index (χ1n) is 10.4. The second-order valence-electron chi connectivity index (χ2n) is 6.48. The zero-order chi connectivity index (χ0) is 21.2. The Balaban J connectivity index is 0.000000449. The maximum atomic E-state index is 12.7. The highest BCUT2D eigenvalue weighted by Gasteiger charge is 2.29. The molecule has 3 heterocycles. The molecule has 1 N–H and O–H groups in total. The fourth-order valence-corrected chi connectivity index (χ4v) is 4.03. The number of aromatic nitrogens is 2. The number of methoxy groups -OCH3 is 1. The molecule has 0 bridgehead atoms. The van der Waals surface area contributed by atoms with Crippen LogP contribution in [-0.4, -0.2) is 54.4 Å². The number of nitrogens with zero attached hydrogens (tertiary/aromatic N) is 2. The number of ether oxygens (including phenoxy) is 2. The van der Waals surface area contributed by atoms with E-state index < -0.39 is 0 Å². The number of morpholine rings is 1. The summed E-state index contributed by atoms with van der Waals surface area (Å²) in [5.41, 5.74) is 3.52. The van der Waals surface area contributed by atoms with Gasteiger partial charge in [0.2, 0.25) is 0 Å². The average Bonchev–Trinajstić information content (AvgIpc) is 3.24. The molecule has 0 saturated carbocycles. The van der Waals surface area contributed by atoms with E-state index in [4.69, 9.17) is 9.47 Å². The van der Waals surface area contributed by atoms with Crippen LogP contribution in [0.25, 0.3) is 11.3 Å². The number of carbonyl (C=O) groups is 1. The van der Waals surface area contributed by atoms with E-state index in [1.807, 2.05) is 36.9 Å². The lowest BCUT2D eigenvalue weighted by molar-refractivity contribution is 0.0298. The van der Waals surface area contributed by atoms with Crippen molar-refractivity contribution in [1.82, 2.24) is 15.1 Å². The fraction of sp³-hybridized carbons (Fsp3) is 0.545. The van der Waals surface area contributed by atoms with Crippen LogP contribution in [0.5, 0.6) is 5.75 Å². The predicted molar refractivity (Wildman–Crippen MR) is 119 cm³/mol. The number of carbonyl (C=O) groups excluding carboxylic acids is 1. The van der Waals surface area contributed by atoms with Gasteiger partial charge in [-0.2, -0.15) is 5.10 Å². The molecular formula is C22H33N3O3S. The first kappa shape index (κ1) is 23.3.